The van der Waals surface area contributed by atoms with Crippen LogP contribution in [-0.4, -0.2) is 10.5 Å². The molecule has 0 aliphatic carbocycles. The lowest BCUT2D eigenvalue weighted by atomic mass is 10.2. The fourth-order valence-electron chi connectivity index (χ4n) is 1.51. The van der Waals surface area contributed by atoms with E-state index in [1.54, 1.807) is 23.5 Å². The van der Waals surface area contributed by atoms with Crippen LogP contribution in [0.2, 0.25) is 0 Å². The molecule has 2 rings (SSSR count). The Morgan fingerprint density at radius 3 is 2.50 bits per heavy atom. The number of hydrogen-bond donors (Lipinski definition) is 1. The zero-order chi connectivity index (χ0) is 13.1. The molecule has 4 nitrogen and oxygen atoms in total. The molecular weight excluding hydrogens is 246 g/mol. The van der Waals surface area contributed by atoms with Crippen molar-refractivity contribution in [2.24, 2.45) is 12.1 Å². The average Bonchev–Trinajstić information content (AvgIpc) is 2.64. The summed E-state index contributed by atoms with van der Waals surface area (Å²) in [6, 6.07) is 9.05. The molecule has 1 aromatic carbocycles. The second-order valence-corrected chi connectivity index (χ2v) is 5.19. The molecule has 1 aromatic heterocycles. The SMILES string of the molecule is Cc1s/c(=N/NC(=O)c2ccccc2)n(C)c1C. The lowest BCUT2D eigenvalue weighted by Crippen LogP contribution is -2.23. The highest BCUT2D eigenvalue weighted by Gasteiger charge is 2.04. The monoisotopic (exact) mass is 261 g/mol. The number of hydrogen-bond acceptors (Lipinski definition) is 3. The summed E-state index contributed by atoms with van der Waals surface area (Å²) in [5.74, 6) is -0.195. The largest absolute Gasteiger partial charge is 0.323 e. The van der Waals surface area contributed by atoms with Crippen LogP contribution in [0.15, 0.2) is 35.4 Å². The molecule has 0 bridgehead atoms. The van der Waals surface area contributed by atoms with E-state index in [0.717, 1.165) is 10.5 Å². The van der Waals surface area contributed by atoms with Crippen LogP contribution in [0.3, 0.4) is 0 Å². The molecule has 0 unspecified atom stereocenters. The van der Waals surface area contributed by atoms with Gasteiger partial charge in [-0.05, 0) is 26.0 Å². The van der Waals surface area contributed by atoms with Crippen LogP contribution >= 0.6 is 11.3 Å². The van der Waals surface area contributed by atoms with Crippen LogP contribution in [0.1, 0.15) is 20.9 Å². The van der Waals surface area contributed by atoms with Gasteiger partial charge in [0.25, 0.3) is 5.91 Å². The quantitative estimate of drug-likeness (QED) is 0.825. The Kier molecular flexibility index (Phi) is 3.62. The number of carbonyl (C=O) groups is 1. The van der Waals surface area contributed by atoms with Crippen LogP contribution in [0.5, 0.6) is 0 Å². The second kappa shape index (κ2) is 5.18. The predicted molar refractivity (Wildman–Crippen MR) is 72.2 cm³/mol. The van der Waals surface area contributed by atoms with Crippen molar-refractivity contribution < 1.29 is 4.79 Å². The van der Waals surface area contributed by atoms with Gasteiger partial charge >= 0.3 is 0 Å². The van der Waals surface area contributed by atoms with Gasteiger partial charge in [0.1, 0.15) is 0 Å². The van der Waals surface area contributed by atoms with Crippen molar-refractivity contribution in [2.45, 2.75) is 13.8 Å². The highest BCUT2D eigenvalue weighted by Crippen LogP contribution is 2.07. The van der Waals surface area contributed by atoms with Gasteiger partial charge in [-0.1, -0.05) is 18.2 Å². The Morgan fingerprint density at radius 2 is 1.94 bits per heavy atom. The first-order valence-corrected chi connectivity index (χ1v) is 6.43. The number of rotatable bonds is 2. The molecule has 0 saturated carbocycles. The third-order valence-corrected chi connectivity index (χ3v) is 3.98. The third kappa shape index (κ3) is 2.51. The zero-order valence-electron chi connectivity index (χ0n) is 10.6. The maximum atomic E-state index is 11.8. The Hall–Kier alpha value is -1.88. The lowest BCUT2D eigenvalue weighted by Gasteiger charge is -1.99. The summed E-state index contributed by atoms with van der Waals surface area (Å²) in [4.78, 5) is 13.8. The first-order chi connectivity index (χ1) is 8.59. The van der Waals surface area contributed by atoms with E-state index in [2.05, 4.69) is 10.5 Å². The maximum Gasteiger partial charge on any atom is 0.271 e. The van der Waals surface area contributed by atoms with Gasteiger partial charge in [0.2, 0.25) is 4.80 Å². The summed E-state index contributed by atoms with van der Waals surface area (Å²) in [6.45, 7) is 4.07. The number of aryl methyl sites for hydroxylation is 1. The molecule has 0 atom stereocenters. The maximum absolute atomic E-state index is 11.8. The summed E-state index contributed by atoms with van der Waals surface area (Å²) in [5, 5.41) is 4.15. The molecule has 0 saturated heterocycles. The molecule has 1 heterocycles. The van der Waals surface area contributed by atoms with Crippen LogP contribution in [0.4, 0.5) is 0 Å². The molecule has 0 aliphatic heterocycles. The third-order valence-electron chi connectivity index (χ3n) is 2.83. The molecule has 2 aromatic rings. The number of amides is 1. The van der Waals surface area contributed by atoms with Crippen molar-refractivity contribution in [3.63, 3.8) is 0 Å². The van der Waals surface area contributed by atoms with Gasteiger partial charge in [0.05, 0.1) is 0 Å². The van der Waals surface area contributed by atoms with Gasteiger partial charge in [-0.15, -0.1) is 16.4 Å². The van der Waals surface area contributed by atoms with Crippen LogP contribution in [-0.2, 0) is 7.05 Å². The van der Waals surface area contributed by atoms with Gasteiger partial charge in [-0.25, -0.2) is 5.43 Å². The van der Waals surface area contributed by atoms with Crippen LogP contribution in [0.25, 0.3) is 0 Å². The predicted octanol–water partition coefficient (Wildman–Crippen LogP) is 1.95. The summed E-state index contributed by atoms with van der Waals surface area (Å²) in [5.41, 5.74) is 4.34. The standard InChI is InChI=1S/C13H15N3OS/c1-9-10(2)18-13(16(9)3)15-14-12(17)11-7-5-4-6-8-11/h4-8H,1-3H3,(H,14,17)/b15-13+. The number of benzene rings is 1. The van der Waals surface area contributed by atoms with E-state index >= 15 is 0 Å². The normalized spacial score (nSPS) is 11.6. The molecule has 5 heteroatoms. The van der Waals surface area contributed by atoms with Crippen LogP contribution < -0.4 is 10.2 Å². The Balaban J connectivity index is 2.21. The van der Waals surface area contributed by atoms with Crippen LogP contribution in [0, 0.1) is 13.8 Å². The van der Waals surface area contributed by atoms with Crippen molar-refractivity contribution in [2.75, 3.05) is 0 Å². The van der Waals surface area contributed by atoms with E-state index < -0.39 is 0 Å². The van der Waals surface area contributed by atoms with Crippen molar-refractivity contribution in [3.05, 3.63) is 51.3 Å². The zero-order valence-corrected chi connectivity index (χ0v) is 11.4. The minimum Gasteiger partial charge on any atom is -0.323 e. The number of thiazole rings is 1. The topological polar surface area (TPSA) is 46.4 Å². The minimum absolute atomic E-state index is 0.195. The van der Waals surface area contributed by atoms with Gasteiger partial charge < -0.3 is 4.57 Å². The van der Waals surface area contributed by atoms with Gasteiger partial charge in [-0.3, -0.25) is 4.79 Å². The summed E-state index contributed by atoms with van der Waals surface area (Å²) in [6.07, 6.45) is 0. The van der Waals surface area contributed by atoms with Gasteiger partial charge in [-0.2, -0.15) is 0 Å². The van der Waals surface area contributed by atoms with E-state index in [0.29, 0.717) is 5.56 Å². The average molecular weight is 261 g/mol. The number of aromatic nitrogens is 1. The lowest BCUT2D eigenvalue weighted by molar-refractivity contribution is 0.0953. The summed E-state index contributed by atoms with van der Waals surface area (Å²) < 4.78 is 1.96. The first kappa shape index (κ1) is 12.6. The number of nitrogens with zero attached hydrogens (tertiary/aromatic N) is 2. The molecule has 18 heavy (non-hydrogen) atoms. The van der Waals surface area contributed by atoms with Gasteiger partial charge in [0.15, 0.2) is 0 Å². The van der Waals surface area contributed by atoms with E-state index in [1.807, 2.05) is 43.7 Å². The molecule has 0 spiro atoms. The molecule has 0 radical (unpaired) electrons. The summed E-state index contributed by atoms with van der Waals surface area (Å²) >= 11 is 1.56. The minimum atomic E-state index is -0.195. The first-order valence-electron chi connectivity index (χ1n) is 5.61. The Bertz CT molecular complexity index is 625. The van der Waals surface area contributed by atoms with E-state index in [4.69, 9.17) is 0 Å². The van der Waals surface area contributed by atoms with Crippen molar-refractivity contribution >= 4 is 17.2 Å². The van der Waals surface area contributed by atoms with Crippen molar-refractivity contribution in [3.8, 4) is 0 Å². The second-order valence-electron chi connectivity index (χ2n) is 4.00. The van der Waals surface area contributed by atoms with Crippen molar-refractivity contribution in [1.29, 1.82) is 0 Å². The fourth-order valence-corrected chi connectivity index (χ4v) is 2.43. The highest BCUT2D eigenvalue weighted by atomic mass is 32.1. The molecular formula is C13H15N3OS. The molecule has 94 valence electrons. The Morgan fingerprint density at radius 1 is 1.28 bits per heavy atom. The molecule has 1 amide bonds. The van der Waals surface area contributed by atoms with E-state index in [-0.39, 0.29) is 5.91 Å². The van der Waals surface area contributed by atoms with E-state index in [1.165, 1.54) is 4.88 Å². The molecule has 0 fully saturated rings. The van der Waals surface area contributed by atoms with E-state index in [9.17, 15) is 4.79 Å². The smallest absolute Gasteiger partial charge is 0.271 e. The van der Waals surface area contributed by atoms with Gasteiger partial charge in [0, 0.05) is 23.2 Å². The summed E-state index contributed by atoms with van der Waals surface area (Å²) in [7, 11) is 1.94. The Labute approximate surface area is 110 Å². The number of carbonyl (C=O) groups excluding carboxylic acids is 1. The fraction of sp³-hybridized carbons (Fsp3) is 0.231. The molecule has 1 N–H and O–H groups in total. The highest BCUT2D eigenvalue weighted by molar-refractivity contribution is 7.09. The number of nitrogens with one attached hydrogen (secondary N) is 1. The van der Waals surface area contributed by atoms with Crippen molar-refractivity contribution in [1.82, 2.24) is 9.99 Å². The molecule has 0 aliphatic rings.